The molecule has 1 unspecified atom stereocenters. The van der Waals surface area contributed by atoms with Gasteiger partial charge in [-0.2, -0.15) is 0 Å². The Bertz CT molecular complexity index is 479. The number of esters is 1. The number of ether oxygens (including phenoxy) is 1. The molecule has 0 saturated carbocycles. The van der Waals surface area contributed by atoms with Crippen LogP contribution in [0.15, 0.2) is 30.3 Å². The number of benzene rings is 1. The summed E-state index contributed by atoms with van der Waals surface area (Å²) in [6.45, 7) is 0.483. The molecule has 5 nitrogen and oxygen atoms in total. The first-order valence-corrected chi connectivity index (χ1v) is 7.52. The highest BCUT2D eigenvalue weighted by atomic mass is 16.5. The van der Waals surface area contributed by atoms with Gasteiger partial charge >= 0.3 is 11.9 Å². The standard InChI is InChI=1S/C17H25NO4/c1-18(2,3)13-15(12-16(19)20)22-17(21)11-7-10-14-8-5-4-6-9-14/h4-6,8-9,15H,7,10-13H2,1-3H3/p+1. The zero-order valence-electron chi connectivity index (χ0n) is 13.6. The first-order chi connectivity index (χ1) is 10.3. The molecule has 1 N–H and O–H groups in total. The number of carboxylic acids is 1. The molecular formula is C17H26NO4+. The van der Waals surface area contributed by atoms with E-state index in [1.54, 1.807) is 0 Å². The summed E-state index contributed by atoms with van der Waals surface area (Å²) in [5.74, 6) is -1.27. The summed E-state index contributed by atoms with van der Waals surface area (Å²) >= 11 is 0. The Balaban J connectivity index is 2.40. The van der Waals surface area contributed by atoms with E-state index in [1.807, 2.05) is 51.5 Å². The molecule has 1 atom stereocenters. The molecular weight excluding hydrogens is 282 g/mol. The maximum Gasteiger partial charge on any atom is 0.307 e. The summed E-state index contributed by atoms with van der Waals surface area (Å²) in [5.41, 5.74) is 1.18. The van der Waals surface area contributed by atoms with Gasteiger partial charge in [-0.1, -0.05) is 30.3 Å². The predicted octanol–water partition coefficient (Wildman–Crippen LogP) is 2.10. The molecule has 0 aliphatic heterocycles. The minimum Gasteiger partial charge on any atom is -0.481 e. The Morgan fingerprint density at radius 3 is 2.36 bits per heavy atom. The zero-order chi connectivity index (χ0) is 16.6. The number of hydrogen-bond acceptors (Lipinski definition) is 3. The van der Waals surface area contributed by atoms with Gasteiger partial charge < -0.3 is 14.3 Å². The summed E-state index contributed by atoms with van der Waals surface area (Å²) in [6.07, 6.45) is 1.09. The Labute approximate surface area is 132 Å². The van der Waals surface area contributed by atoms with E-state index in [0.717, 1.165) is 6.42 Å². The molecule has 0 heterocycles. The van der Waals surface area contributed by atoms with Crippen LogP contribution in [0.1, 0.15) is 24.8 Å². The summed E-state index contributed by atoms with van der Waals surface area (Å²) in [5, 5.41) is 8.92. The number of nitrogens with zero attached hydrogens (tertiary/aromatic N) is 1. The summed E-state index contributed by atoms with van der Waals surface area (Å²) < 4.78 is 5.89. The van der Waals surface area contributed by atoms with Crippen LogP contribution in [0.25, 0.3) is 0 Å². The van der Waals surface area contributed by atoms with E-state index >= 15 is 0 Å². The van der Waals surface area contributed by atoms with E-state index < -0.39 is 12.1 Å². The highest BCUT2D eigenvalue weighted by molar-refractivity contribution is 5.71. The van der Waals surface area contributed by atoms with Crippen LogP contribution in [0.2, 0.25) is 0 Å². The third-order valence-corrected chi connectivity index (χ3v) is 3.14. The molecule has 0 aromatic heterocycles. The largest absolute Gasteiger partial charge is 0.481 e. The van der Waals surface area contributed by atoms with Gasteiger partial charge in [-0.15, -0.1) is 0 Å². The third-order valence-electron chi connectivity index (χ3n) is 3.14. The van der Waals surface area contributed by atoms with Crippen LogP contribution in [0.3, 0.4) is 0 Å². The second kappa shape index (κ2) is 8.54. The van der Waals surface area contributed by atoms with Crippen molar-refractivity contribution in [3.05, 3.63) is 35.9 Å². The normalized spacial score (nSPS) is 12.7. The molecule has 0 bridgehead atoms. The molecule has 122 valence electrons. The predicted molar refractivity (Wildman–Crippen MR) is 84.4 cm³/mol. The van der Waals surface area contributed by atoms with Crippen molar-refractivity contribution >= 4 is 11.9 Å². The quantitative estimate of drug-likeness (QED) is 0.560. The molecule has 0 spiro atoms. The fraction of sp³-hybridized carbons (Fsp3) is 0.529. The molecule has 0 radical (unpaired) electrons. The minimum absolute atomic E-state index is 0.153. The van der Waals surface area contributed by atoms with Crippen molar-refractivity contribution in [2.45, 2.75) is 31.8 Å². The monoisotopic (exact) mass is 308 g/mol. The Hall–Kier alpha value is -1.88. The van der Waals surface area contributed by atoms with E-state index in [1.165, 1.54) is 5.56 Å². The van der Waals surface area contributed by atoms with Crippen LogP contribution in [-0.4, -0.2) is 55.3 Å². The van der Waals surface area contributed by atoms with Crippen LogP contribution in [0.5, 0.6) is 0 Å². The number of rotatable bonds is 9. The second-order valence-corrected chi connectivity index (χ2v) is 6.52. The van der Waals surface area contributed by atoms with Gasteiger partial charge in [0.2, 0.25) is 0 Å². The molecule has 1 rings (SSSR count). The van der Waals surface area contributed by atoms with Gasteiger partial charge in [-0.3, -0.25) is 9.59 Å². The first kappa shape index (κ1) is 18.2. The van der Waals surface area contributed by atoms with Gasteiger partial charge in [0.05, 0.1) is 27.6 Å². The van der Waals surface area contributed by atoms with E-state index in [-0.39, 0.29) is 12.4 Å². The van der Waals surface area contributed by atoms with Crippen molar-refractivity contribution in [2.24, 2.45) is 0 Å². The summed E-state index contributed by atoms with van der Waals surface area (Å²) in [4.78, 5) is 22.8. The fourth-order valence-corrected chi connectivity index (χ4v) is 2.28. The van der Waals surface area contributed by atoms with E-state index in [9.17, 15) is 9.59 Å². The number of carbonyl (C=O) groups is 2. The SMILES string of the molecule is C[N+](C)(C)CC(CC(=O)O)OC(=O)CCCc1ccccc1. The molecule has 0 aliphatic rings. The van der Waals surface area contributed by atoms with Crippen molar-refractivity contribution in [3.8, 4) is 0 Å². The lowest BCUT2D eigenvalue weighted by Gasteiger charge is -2.28. The smallest absolute Gasteiger partial charge is 0.307 e. The Morgan fingerprint density at radius 2 is 1.82 bits per heavy atom. The lowest BCUT2D eigenvalue weighted by atomic mass is 10.1. The van der Waals surface area contributed by atoms with Crippen molar-refractivity contribution < 1.29 is 23.9 Å². The van der Waals surface area contributed by atoms with Crippen LogP contribution >= 0.6 is 0 Å². The van der Waals surface area contributed by atoms with E-state index in [0.29, 0.717) is 23.9 Å². The Kier molecular flexibility index (Phi) is 7.05. The topological polar surface area (TPSA) is 63.6 Å². The first-order valence-electron chi connectivity index (χ1n) is 7.52. The average molecular weight is 308 g/mol. The van der Waals surface area contributed by atoms with Crippen LogP contribution < -0.4 is 0 Å². The third kappa shape index (κ3) is 8.42. The minimum atomic E-state index is -0.949. The highest BCUT2D eigenvalue weighted by Gasteiger charge is 2.24. The molecule has 0 fully saturated rings. The zero-order valence-corrected chi connectivity index (χ0v) is 13.6. The van der Waals surface area contributed by atoms with Gasteiger partial charge in [0.1, 0.15) is 6.54 Å². The lowest BCUT2D eigenvalue weighted by molar-refractivity contribution is -0.873. The number of aliphatic carboxylic acids is 1. The summed E-state index contributed by atoms with van der Waals surface area (Å²) in [6, 6.07) is 9.94. The molecule has 0 saturated heterocycles. The molecule has 1 aromatic rings. The van der Waals surface area contributed by atoms with E-state index in [2.05, 4.69) is 0 Å². The molecule has 5 heteroatoms. The second-order valence-electron chi connectivity index (χ2n) is 6.52. The van der Waals surface area contributed by atoms with Crippen LogP contribution in [0, 0.1) is 0 Å². The lowest BCUT2D eigenvalue weighted by Crippen LogP contribution is -2.43. The van der Waals surface area contributed by atoms with Crippen LogP contribution in [-0.2, 0) is 20.7 Å². The van der Waals surface area contributed by atoms with Crippen molar-refractivity contribution in [1.82, 2.24) is 0 Å². The van der Waals surface area contributed by atoms with E-state index in [4.69, 9.17) is 9.84 Å². The van der Waals surface area contributed by atoms with Gasteiger partial charge in [0, 0.05) is 6.42 Å². The van der Waals surface area contributed by atoms with Crippen molar-refractivity contribution in [1.29, 1.82) is 0 Å². The molecule has 22 heavy (non-hydrogen) atoms. The van der Waals surface area contributed by atoms with Gasteiger partial charge in [0.15, 0.2) is 6.10 Å². The highest BCUT2D eigenvalue weighted by Crippen LogP contribution is 2.09. The maximum absolute atomic E-state index is 11.9. The van der Waals surface area contributed by atoms with Crippen molar-refractivity contribution in [2.75, 3.05) is 27.7 Å². The number of carbonyl (C=O) groups excluding carboxylic acids is 1. The number of hydrogen-bond donors (Lipinski definition) is 1. The number of aryl methyl sites for hydroxylation is 1. The Morgan fingerprint density at radius 1 is 1.18 bits per heavy atom. The van der Waals surface area contributed by atoms with Gasteiger partial charge in [-0.25, -0.2) is 0 Å². The van der Waals surface area contributed by atoms with Gasteiger partial charge in [0.25, 0.3) is 0 Å². The number of quaternary nitrogens is 1. The number of likely N-dealkylation sites (N-methyl/N-ethyl adjacent to an activating group) is 1. The average Bonchev–Trinajstić information content (AvgIpc) is 2.37. The molecule has 0 aliphatic carbocycles. The summed E-state index contributed by atoms with van der Waals surface area (Å²) in [7, 11) is 5.83. The maximum atomic E-state index is 11.9. The molecule has 0 amide bonds. The fourth-order valence-electron chi connectivity index (χ4n) is 2.28. The number of carboxylic acid groups (broad SMARTS) is 1. The van der Waals surface area contributed by atoms with Gasteiger partial charge in [-0.05, 0) is 18.4 Å². The molecule has 1 aromatic carbocycles. The van der Waals surface area contributed by atoms with Crippen molar-refractivity contribution in [3.63, 3.8) is 0 Å². The van der Waals surface area contributed by atoms with Crippen LogP contribution in [0.4, 0.5) is 0 Å².